The molecule has 1 fully saturated rings. The van der Waals surface area contributed by atoms with Crippen molar-refractivity contribution in [1.29, 1.82) is 0 Å². The molecule has 1 saturated heterocycles. The van der Waals surface area contributed by atoms with Crippen molar-refractivity contribution in [1.82, 2.24) is 15.1 Å². The van der Waals surface area contributed by atoms with Gasteiger partial charge in [-0.3, -0.25) is 14.5 Å². The zero-order chi connectivity index (χ0) is 19.3. The Morgan fingerprint density at radius 3 is 2.23 bits per heavy atom. The summed E-state index contributed by atoms with van der Waals surface area (Å²) >= 11 is 0. The highest BCUT2D eigenvalue weighted by Crippen LogP contribution is 2.28. The van der Waals surface area contributed by atoms with Gasteiger partial charge in [-0.15, -0.1) is 0 Å². The molecule has 0 bridgehead atoms. The molecule has 0 spiro atoms. The van der Waals surface area contributed by atoms with Crippen molar-refractivity contribution in [3.05, 3.63) is 35.4 Å². The second-order valence-electron chi connectivity index (χ2n) is 7.14. The van der Waals surface area contributed by atoms with E-state index in [-0.39, 0.29) is 18.4 Å². The molecule has 1 N–H and O–H groups in total. The predicted octanol–water partition coefficient (Wildman–Crippen LogP) is 2.84. The first-order valence-electron chi connectivity index (χ1n) is 9.26. The van der Waals surface area contributed by atoms with Crippen LogP contribution in [-0.4, -0.2) is 46.8 Å². The number of amides is 4. The van der Waals surface area contributed by atoms with Gasteiger partial charge in [0.1, 0.15) is 12.1 Å². The molecule has 1 aliphatic rings. The first-order valence-corrected chi connectivity index (χ1v) is 9.26. The van der Waals surface area contributed by atoms with Crippen molar-refractivity contribution in [2.45, 2.75) is 58.5 Å². The predicted molar refractivity (Wildman–Crippen MR) is 100 cm³/mol. The standard InChI is InChI=1S/C20H29N3O3/c1-5-11-20(12-6-2)18(25)23(19(26)21-20)14-17(24)22(4)13-16-9-7-15(3)8-10-16/h7-10H,5-6,11-14H2,1-4H3,(H,21,26). The van der Waals surface area contributed by atoms with Crippen LogP contribution in [0, 0.1) is 6.92 Å². The van der Waals surface area contributed by atoms with E-state index in [2.05, 4.69) is 5.32 Å². The van der Waals surface area contributed by atoms with Gasteiger partial charge in [-0.2, -0.15) is 0 Å². The summed E-state index contributed by atoms with van der Waals surface area (Å²) in [5, 5.41) is 2.84. The Hall–Kier alpha value is -2.37. The monoisotopic (exact) mass is 359 g/mol. The smallest absolute Gasteiger partial charge is 0.325 e. The molecular weight excluding hydrogens is 330 g/mol. The zero-order valence-electron chi connectivity index (χ0n) is 16.2. The number of benzene rings is 1. The molecule has 1 aliphatic heterocycles. The van der Waals surface area contributed by atoms with Crippen LogP contribution in [0.15, 0.2) is 24.3 Å². The van der Waals surface area contributed by atoms with Crippen molar-refractivity contribution in [3.8, 4) is 0 Å². The first-order chi connectivity index (χ1) is 12.3. The molecule has 0 aromatic heterocycles. The minimum absolute atomic E-state index is 0.220. The van der Waals surface area contributed by atoms with Crippen LogP contribution < -0.4 is 5.32 Å². The number of rotatable bonds is 8. The van der Waals surface area contributed by atoms with Gasteiger partial charge in [-0.1, -0.05) is 56.5 Å². The summed E-state index contributed by atoms with van der Waals surface area (Å²) in [6, 6.07) is 7.47. The summed E-state index contributed by atoms with van der Waals surface area (Å²) < 4.78 is 0. The molecule has 0 unspecified atom stereocenters. The molecule has 1 heterocycles. The van der Waals surface area contributed by atoms with Gasteiger partial charge in [0.25, 0.3) is 5.91 Å². The van der Waals surface area contributed by atoms with E-state index in [4.69, 9.17) is 0 Å². The number of carbonyl (C=O) groups excluding carboxylic acids is 3. The molecule has 2 rings (SSSR count). The molecular formula is C20H29N3O3. The molecule has 6 nitrogen and oxygen atoms in total. The normalized spacial score (nSPS) is 15.9. The lowest BCUT2D eigenvalue weighted by Crippen LogP contribution is -2.47. The van der Waals surface area contributed by atoms with Crippen molar-refractivity contribution in [2.24, 2.45) is 0 Å². The number of hydrogen-bond acceptors (Lipinski definition) is 3. The fourth-order valence-electron chi connectivity index (χ4n) is 3.45. The van der Waals surface area contributed by atoms with Crippen molar-refractivity contribution >= 4 is 17.8 Å². The number of nitrogens with one attached hydrogen (secondary N) is 1. The number of aryl methyl sites for hydroxylation is 1. The highest BCUT2D eigenvalue weighted by molar-refractivity contribution is 6.09. The van der Waals surface area contributed by atoms with Crippen LogP contribution in [0.5, 0.6) is 0 Å². The molecule has 6 heteroatoms. The summed E-state index contributed by atoms with van der Waals surface area (Å²) in [7, 11) is 1.69. The van der Waals surface area contributed by atoms with Crippen LogP contribution in [-0.2, 0) is 16.1 Å². The number of carbonyl (C=O) groups is 3. The molecule has 0 saturated carbocycles. The lowest BCUT2D eigenvalue weighted by atomic mass is 9.88. The lowest BCUT2D eigenvalue weighted by Gasteiger charge is -2.26. The Labute approximate surface area is 155 Å². The molecule has 1 aromatic carbocycles. The Kier molecular flexibility index (Phi) is 6.40. The Balaban J connectivity index is 2.04. The Bertz CT molecular complexity index is 663. The topological polar surface area (TPSA) is 69.7 Å². The summed E-state index contributed by atoms with van der Waals surface area (Å²) in [5.41, 5.74) is 1.32. The third-order valence-electron chi connectivity index (χ3n) is 4.86. The number of urea groups is 1. The van der Waals surface area contributed by atoms with Crippen molar-refractivity contribution in [2.75, 3.05) is 13.6 Å². The van der Waals surface area contributed by atoms with Gasteiger partial charge in [0.2, 0.25) is 5.91 Å². The average molecular weight is 359 g/mol. The van der Waals surface area contributed by atoms with Crippen LogP contribution in [0.3, 0.4) is 0 Å². The second kappa shape index (κ2) is 8.34. The molecule has 26 heavy (non-hydrogen) atoms. The van der Waals surface area contributed by atoms with Crippen LogP contribution >= 0.6 is 0 Å². The van der Waals surface area contributed by atoms with E-state index in [1.54, 1.807) is 11.9 Å². The maximum absolute atomic E-state index is 12.8. The Morgan fingerprint density at radius 2 is 1.69 bits per heavy atom. The quantitative estimate of drug-likeness (QED) is 0.726. The van der Waals surface area contributed by atoms with Crippen molar-refractivity contribution < 1.29 is 14.4 Å². The van der Waals surface area contributed by atoms with E-state index in [0.717, 1.165) is 28.9 Å². The van der Waals surface area contributed by atoms with E-state index in [0.29, 0.717) is 19.4 Å². The third-order valence-corrected chi connectivity index (χ3v) is 4.86. The van der Waals surface area contributed by atoms with E-state index in [1.807, 2.05) is 45.0 Å². The first kappa shape index (κ1) is 19.9. The summed E-state index contributed by atoms with van der Waals surface area (Å²) in [4.78, 5) is 40.3. The Morgan fingerprint density at radius 1 is 1.12 bits per heavy atom. The van der Waals surface area contributed by atoms with E-state index < -0.39 is 11.6 Å². The lowest BCUT2D eigenvalue weighted by molar-refractivity contribution is -0.138. The fraction of sp³-hybridized carbons (Fsp3) is 0.550. The molecule has 142 valence electrons. The minimum atomic E-state index is -0.851. The van der Waals surface area contributed by atoms with Gasteiger partial charge in [0, 0.05) is 13.6 Å². The third kappa shape index (κ3) is 4.23. The second-order valence-corrected chi connectivity index (χ2v) is 7.14. The molecule has 0 aliphatic carbocycles. The summed E-state index contributed by atoms with van der Waals surface area (Å²) in [6.45, 7) is 6.20. The largest absolute Gasteiger partial charge is 0.340 e. The highest BCUT2D eigenvalue weighted by atomic mass is 16.2. The maximum atomic E-state index is 12.8. The molecule has 1 aromatic rings. The van der Waals surface area contributed by atoms with Gasteiger partial charge in [-0.05, 0) is 25.3 Å². The van der Waals surface area contributed by atoms with Crippen LogP contribution in [0.1, 0.15) is 50.7 Å². The molecule has 0 radical (unpaired) electrons. The van der Waals surface area contributed by atoms with E-state index in [1.165, 1.54) is 0 Å². The number of likely N-dealkylation sites (N-methyl/N-ethyl adjacent to an activating group) is 1. The SMILES string of the molecule is CCCC1(CCC)NC(=O)N(CC(=O)N(C)Cc2ccc(C)cc2)C1=O. The van der Waals surface area contributed by atoms with Gasteiger partial charge < -0.3 is 10.2 Å². The number of hydrogen-bond donors (Lipinski definition) is 1. The van der Waals surface area contributed by atoms with Crippen LogP contribution in [0.4, 0.5) is 4.79 Å². The fourth-order valence-corrected chi connectivity index (χ4v) is 3.45. The average Bonchev–Trinajstić information content (AvgIpc) is 2.82. The molecule has 0 atom stereocenters. The van der Waals surface area contributed by atoms with Gasteiger partial charge >= 0.3 is 6.03 Å². The number of imide groups is 1. The molecule has 4 amide bonds. The maximum Gasteiger partial charge on any atom is 0.325 e. The minimum Gasteiger partial charge on any atom is -0.340 e. The zero-order valence-corrected chi connectivity index (χ0v) is 16.2. The van der Waals surface area contributed by atoms with Crippen molar-refractivity contribution in [3.63, 3.8) is 0 Å². The van der Waals surface area contributed by atoms with Crippen LogP contribution in [0.25, 0.3) is 0 Å². The van der Waals surface area contributed by atoms with Gasteiger partial charge in [0.05, 0.1) is 0 Å². The highest BCUT2D eigenvalue weighted by Gasteiger charge is 2.50. The number of nitrogens with zero attached hydrogens (tertiary/aromatic N) is 2. The van der Waals surface area contributed by atoms with Gasteiger partial charge in [0.15, 0.2) is 0 Å². The van der Waals surface area contributed by atoms with E-state index in [9.17, 15) is 14.4 Å². The summed E-state index contributed by atoms with van der Waals surface area (Å²) in [6.07, 6.45) is 2.77. The van der Waals surface area contributed by atoms with E-state index >= 15 is 0 Å². The van der Waals surface area contributed by atoms with Gasteiger partial charge in [-0.25, -0.2) is 4.79 Å². The summed E-state index contributed by atoms with van der Waals surface area (Å²) in [5.74, 6) is -0.527. The van der Waals surface area contributed by atoms with Crippen LogP contribution in [0.2, 0.25) is 0 Å².